The zero-order chi connectivity index (χ0) is 21.5. The van der Waals surface area contributed by atoms with Crippen molar-refractivity contribution in [2.75, 3.05) is 0 Å². The Morgan fingerprint density at radius 2 is 1.29 bits per heavy atom. The Labute approximate surface area is 191 Å². The molecule has 1 nitrogen and oxygen atoms in total. The first kappa shape index (κ1) is 19.0. The van der Waals surface area contributed by atoms with Crippen molar-refractivity contribution in [3.63, 3.8) is 0 Å². The van der Waals surface area contributed by atoms with Crippen molar-refractivity contribution in [3.05, 3.63) is 94.0 Å². The zero-order valence-electron chi connectivity index (χ0n) is 18.1. The van der Waals surface area contributed by atoms with Crippen molar-refractivity contribution in [2.24, 2.45) is 0 Å². The summed E-state index contributed by atoms with van der Waals surface area (Å²) in [5.41, 5.74) is 12.8. The zero-order valence-corrected chi connectivity index (χ0v) is 18.9. The smallest absolute Gasteiger partial charge is 0.139 e. The van der Waals surface area contributed by atoms with Gasteiger partial charge in [-0.25, -0.2) is 0 Å². The van der Waals surface area contributed by atoms with Gasteiger partial charge in [-0.1, -0.05) is 71.1 Å². The van der Waals surface area contributed by atoms with Crippen molar-refractivity contribution in [1.82, 2.24) is 0 Å². The minimum Gasteiger partial charge on any atom is -0.457 e. The van der Waals surface area contributed by atoms with E-state index in [1.54, 1.807) is 0 Å². The predicted octanol–water partition coefficient (Wildman–Crippen LogP) is -0.158. The molecule has 6 heteroatoms. The molecule has 1 aliphatic carbocycles. The molecule has 0 fully saturated rings. The van der Waals surface area contributed by atoms with E-state index < -0.39 is 5.41 Å². The molecule has 0 saturated heterocycles. The van der Waals surface area contributed by atoms with Crippen LogP contribution in [-0.2, 0) is 5.41 Å². The number of hydrogen-bond acceptors (Lipinski definition) is 1. The number of ether oxygens (including phenoxy) is 1. The van der Waals surface area contributed by atoms with Gasteiger partial charge in [0.2, 0.25) is 0 Å². The Balaban J connectivity index is 1.91. The summed E-state index contributed by atoms with van der Waals surface area (Å²) in [5.74, 6) is 1.74. The fraction of sp³-hybridized carbons (Fsp3) is 0.0400. The minimum absolute atomic E-state index is 0.423. The average molecular weight is 414 g/mol. The Morgan fingerprint density at radius 3 is 2.10 bits per heavy atom. The molecule has 1 heterocycles. The molecule has 0 saturated carbocycles. The first-order chi connectivity index (χ1) is 15.0. The van der Waals surface area contributed by atoms with E-state index in [4.69, 9.17) is 16.3 Å². The van der Waals surface area contributed by atoms with E-state index in [0.717, 1.165) is 17.1 Å². The summed E-state index contributed by atoms with van der Waals surface area (Å²) in [4.78, 5) is 0. The number of fused-ring (bicyclic) bond motifs is 9. The molecule has 2 aliphatic rings. The lowest BCUT2D eigenvalue weighted by Crippen LogP contribution is -2.52. The molecule has 4 aromatic carbocycles. The van der Waals surface area contributed by atoms with Gasteiger partial charge < -0.3 is 4.74 Å². The van der Waals surface area contributed by atoms with Crippen LogP contribution in [0.4, 0.5) is 0 Å². The van der Waals surface area contributed by atoms with Crippen LogP contribution < -0.4 is 26.6 Å². The average Bonchev–Trinajstić information content (AvgIpc) is 3.08. The second-order valence-corrected chi connectivity index (χ2v) is 9.22. The first-order valence-electron chi connectivity index (χ1n) is 10.7. The molecule has 1 spiro atoms. The topological polar surface area (TPSA) is 9.23 Å². The maximum atomic E-state index is 6.42. The fourth-order valence-corrected chi connectivity index (χ4v) is 6.02. The molecule has 1 atom stereocenters. The largest absolute Gasteiger partial charge is 0.457 e. The predicted molar refractivity (Wildman–Crippen MR) is 142 cm³/mol. The monoisotopic (exact) mass is 414 g/mol. The second-order valence-electron chi connectivity index (χ2n) is 8.78. The molecule has 0 amide bonds. The van der Waals surface area contributed by atoms with Crippen LogP contribution in [0.3, 0.4) is 0 Å². The van der Waals surface area contributed by atoms with Crippen LogP contribution in [0.1, 0.15) is 22.3 Å². The van der Waals surface area contributed by atoms with E-state index in [0.29, 0.717) is 5.02 Å². The maximum absolute atomic E-state index is 6.42. The van der Waals surface area contributed by atoms with Crippen LogP contribution in [0.25, 0.3) is 11.1 Å². The standard InChI is InChI=1S/C25H19B4ClO/c26-21-19-13-5-1-2-6-14(13)25(20(19)22(27)24(29)23(21)28)15-7-3-4-8-17(15)31-18-11-12(30)9-10-16(18)25/h1-11H,26-29H2. The van der Waals surface area contributed by atoms with Gasteiger partial charge in [0.15, 0.2) is 0 Å². The summed E-state index contributed by atoms with van der Waals surface area (Å²) in [6, 6.07) is 23.4. The van der Waals surface area contributed by atoms with Crippen molar-refractivity contribution in [3.8, 4) is 22.6 Å². The maximum Gasteiger partial charge on any atom is 0.139 e. The van der Waals surface area contributed by atoms with Crippen molar-refractivity contribution in [1.29, 1.82) is 0 Å². The molecular formula is C25H19B4ClO. The summed E-state index contributed by atoms with van der Waals surface area (Å²) < 4.78 is 6.41. The quantitative estimate of drug-likeness (QED) is 0.314. The lowest BCUT2D eigenvalue weighted by atomic mass is 9.58. The highest BCUT2D eigenvalue weighted by atomic mass is 35.5. The number of hydrogen-bond donors (Lipinski definition) is 0. The number of para-hydroxylation sites is 1. The molecule has 4 aromatic rings. The van der Waals surface area contributed by atoms with Gasteiger partial charge in [0.25, 0.3) is 0 Å². The van der Waals surface area contributed by atoms with E-state index in [-0.39, 0.29) is 0 Å². The lowest BCUT2D eigenvalue weighted by molar-refractivity contribution is 0.437. The van der Waals surface area contributed by atoms with Crippen molar-refractivity contribution in [2.45, 2.75) is 5.41 Å². The summed E-state index contributed by atoms with van der Waals surface area (Å²) in [7, 11) is 9.05. The van der Waals surface area contributed by atoms with E-state index in [1.165, 1.54) is 49.7 Å². The molecule has 0 bridgehead atoms. The molecule has 1 unspecified atom stereocenters. The Bertz CT molecular complexity index is 1430. The highest BCUT2D eigenvalue weighted by molar-refractivity contribution is 6.64. The number of benzene rings is 4. The van der Waals surface area contributed by atoms with Crippen LogP contribution >= 0.6 is 11.6 Å². The summed E-state index contributed by atoms with van der Waals surface area (Å²) in [6.07, 6.45) is 0. The highest BCUT2D eigenvalue weighted by Crippen LogP contribution is 2.61. The van der Waals surface area contributed by atoms with Crippen LogP contribution in [0.5, 0.6) is 11.5 Å². The molecule has 0 aromatic heterocycles. The van der Waals surface area contributed by atoms with Gasteiger partial charge in [-0.2, -0.15) is 0 Å². The Hall–Kier alpha value is -2.77. The van der Waals surface area contributed by atoms with E-state index in [2.05, 4.69) is 79.9 Å². The molecule has 0 radical (unpaired) electrons. The van der Waals surface area contributed by atoms with Gasteiger partial charge in [-0.3, -0.25) is 0 Å². The summed E-state index contributed by atoms with van der Waals surface area (Å²) in [5, 5.41) is 0.688. The number of rotatable bonds is 0. The Morgan fingerprint density at radius 1 is 0.645 bits per heavy atom. The Kier molecular flexibility index (Phi) is 3.90. The molecule has 1 aliphatic heterocycles. The van der Waals surface area contributed by atoms with Crippen molar-refractivity contribution < 1.29 is 4.74 Å². The molecule has 6 rings (SSSR count). The van der Waals surface area contributed by atoms with E-state index in [9.17, 15) is 0 Å². The number of halogens is 1. The molecule has 31 heavy (non-hydrogen) atoms. The lowest BCUT2D eigenvalue weighted by Gasteiger charge is -2.40. The van der Waals surface area contributed by atoms with Gasteiger partial charge in [0, 0.05) is 16.1 Å². The minimum atomic E-state index is -0.423. The van der Waals surface area contributed by atoms with Gasteiger partial charge >= 0.3 is 0 Å². The fourth-order valence-electron chi connectivity index (χ4n) is 5.86. The van der Waals surface area contributed by atoms with Gasteiger partial charge in [0.1, 0.15) is 42.9 Å². The van der Waals surface area contributed by atoms with Crippen LogP contribution in [0.15, 0.2) is 66.7 Å². The normalized spacial score (nSPS) is 17.5. The van der Waals surface area contributed by atoms with Crippen LogP contribution in [0.2, 0.25) is 5.02 Å². The summed E-state index contributed by atoms with van der Waals surface area (Å²) >= 11 is 6.42. The third kappa shape index (κ3) is 2.23. The molecule has 0 N–H and O–H groups in total. The second kappa shape index (κ2) is 6.37. The van der Waals surface area contributed by atoms with Gasteiger partial charge in [0.05, 0.1) is 5.41 Å². The molecular weight excluding hydrogens is 395 g/mol. The molecule has 144 valence electrons. The van der Waals surface area contributed by atoms with Crippen LogP contribution in [0, 0.1) is 0 Å². The SMILES string of the molecule is Bc1c(B)c(B)c2c(c1B)-c1ccccc1C21c2ccccc2Oc2cc(Cl)ccc21. The van der Waals surface area contributed by atoms with Crippen LogP contribution in [-0.4, -0.2) is 31.4 Å². The third-order valence-corrected chi connectivity index (χ3v) is 7.76. The first-order valence-corrected chi connectivity index (χ1v) is 11.1. The van der Waals surface area contributed by atoms with Gasteiger partial charge in [-0.05, 0) is 40.5 Å². The van der Waals surface area contributed by atoms with Crippen molar-refractivity contribution >= 4 is 64.8 Å². The summed E-state index contributed by atoms with van der Waals surface area (Å²) in [6.45, 7) is 0. The third-order valence-electron chi connectivity index (χ3n) is 7.52. The highest BCUT2D eigenvalue weighted by Gasteiger charge is 2.52. The van der Waals surface area contributed by atoms with E-state index in [1.807, 2.05) is 18.2 Å². The van der Waals surface area contributed by atoms with E-state index >= 15 is 0 Å². The van der Waals surface area contributed by atoms with Gasteiger partial charge in [-0.15, -0.1) is 10.9 Å².